The smallest absolute Gasteiger partial charge is 0.328 e. The summed E-state index contributed by atoms with van der Waals surface area (Å²) in [5.41, 5.74) is 8.88. The van der Waals surface area contributed by atoms with Crippen LogP contribution in [0.4, 0.5) is 0 Å². The van der Waals surface area contributed by atoms with E-state index in [1.165, 1.54) is 5.56 Å². The largest absolute Gasteiger partial charge is 0.330 e. The maximum absolute atomic E-state index is 11.9. The van der Waals surface area contributed by atoms with Gasteiger partial charge in [-0.2, -0.15) is 0 Å². The van der Waals surface area contributed by atoms with E-state index < -0.39 is 0 Å². The molecular formula is C14H21N3O. The Hall–Kier alpha value is -1.55. The van der Waals surface area contributed by atoms with Gasteiger partial charge in [-0.25, -0.2) is 4.79 Å². The minimum Gasteiger partial charge on any atom is -0.330 e. The van der Waals surface area contributed by atoms with Crippen LogP contribution in [0.3, 0.4) is 0 Å². The van der Waals surface area contributed by atoms with Crippen molar-refractivity contribution in [3.63, 3.8) is 0 Å². The second kappa shape index (κ2) is 4.28. The number of rotatable bonds is 3. The van der Waals surface area contributed by atoms with Gasteiger partial charge in [-0.05, 0) is 36.1 Å². The van der Waals surface area contributed by atoms with Gasteiger partial charge < -0.3 is 5.73 Å². The summed E-state index contributed by atoms with van der Waals surface area (Å²) in [6.07, 6.45) is 0.930. The molecule has 2 rings (SSSR count). The number of fused-ring (bicyclic) bond motifs is 1. The highest BCUT2D eigenvalue weighted by molar-refractivity contribution is 5.77. The van der Waals surface area contributed by atoms with Gasteiger partial charge in [0, 0.05) is 14.1 Å². The number of nitrogens with zero attached hydrogens (tertiary/aromatic N) is 2. The van der Waals surface area contributed by atoms with Crippen LogP contribution in [0, 0.1) is 0 Å². The van der Waals surface area contributed by atoms with E-state index in [9.17, 15) is 4.79 Å². The number of aryl methyl sites for hydroxylation is 2. The molecule has 0 aliphatic heterocycles. The summed E-state index contributed by atoms with van der Waals surface area (Å²) >= 11 is 0. The zero-order valence-electron chi connectivity index (χ0n) is 11.5. The first-order valence-corrected chi connectivity index (χ1v) is 6.24. The second-order valence-corrected chi connectivity index (χ2v) is 5.53. The number of benzene rings is 1. The lowest BCUT2D eigenvalue weighted by Crippen LogP contribution is -2.21. The third-order valence-corrected chi connectivity index (χ3v) is 3.82. The quantitative estimate of drug-likeness (QED) is 0.893. The van der Waals surface area contributed by atoms with Gasteiger partial charge in [0.2, 0.25) is 0 Å². The predicted molar refractivity (Wildman–Crippen MR) is 74.9 cm³/mol. The van der Waals surface area contributed by atoms with E-state index in [1.807, 2.05) is 13.1 Å². The number of hydrogen-bond acceptors (Lipinski definition) is 2. The topological polar surface area (TPSA) is 53.0 Å². The fourth-order valence-electron chi connectivity index (χ4n) is 2.43. The molecule has 1 heterocycles. The van der Waals surface area contributed by atoms with Crippen molar-refractivity contribution in [2.75, 3.05) is 6.54 Å². The molecule has 0 aliphatic rings. The molecule has 18 heavy (non-hydrogen) atoms. The lowest BCUT2D eigenvalue weighted by atomic mass is 9.81. The molecule has 4 nitrogen and oxygen atoms in total. The molecule has 4 heteroatoms. The van der Waals surface area contributed by atoms with Crippen LogP contribution in [0.15, 0.2) is 23.0 Å². The van der Waals surface area contributed by atoms with Crippen LogP contribution in [-0.4, -0.2) is 15.7 Å². The van der Waals surface area contributed by atoms with E-state index in [0.717, 1.165) is 17.5 Å². The molecule has 0 saturated heterocycles. The van der Waals surface area contributed by atoms with Crippen LogP contribution < -0.4 is 11.4 Å². The first kappa shape index (κ1) is 12.9. The molecular weight excluding hydrogens is 226 g/mol. The molecule has 0 atom stereocenters. The molecule has 0 bridgehead atoms. The van der Waals surface area contributed by atoms with Crippen molar-refractivity contribution in [1.82, 2.24) is 9.13 Å². The second-order valence-electron chi connectivity index (χ2n) is 5.53. The van der Waals surface area contributed by atoms with E-state index >= 15 is 0 Å². The monoisotopic (exact) mass is 247 g/mol. The van der Waals surface area contributed by atoms with Gasteiger partial charge in [0.15, 0.2) is 0 Å². The standard InChI is InChI=1S/C14H21N3O/c1-14(2,7-8-15)10-5-6-11-12(9-10)17(4)13(18)16(11)3/h5-6,9H,7-8,15H2,1-4H3. The summed E-state index contributed by atoms with van der Waals surface area (Å²) < 4.78 is 3.37. The maximum Gasteiger partial charge on any atom is 0.328 e. The van der Waals surface area contributed by atoms with Crippen molar-refractivity contribution < 1.29 is 0 Å². The molecule has 0 amide bonds. The Kier molecular flexibility index (Phi) is 3.07. The van der Waals surface area contributed by atoms with Crippen molar-refractivity contribution in [2.24, 2.45) is 19.8 Å². The van der Waals surface area contributed by atoms with Gasteiger partial charge in [-0.1, -0.05) is 19.9 Å². The summed E-state index contributed by atoms with van der Waals surface area (Å²) in [7, 11) is 3.61. The fraction of sp³-hybridized carbons (Fsp3) is 0.500. The molecule has 0 saturated carbocycles. The normalized spacial score (nSPS) is 12.3. The predicted octanol–water partition coefficient (Wildman–Crippen LogP) is 1.50. The van der Waals surface area contributed by atoms with Gasteiger partial charge in [0.1, 0.15) is 0 Å². The molecule has 2 N–H and O–H groups in total. The average Bonchev–Trinajstić information content (AvgIpc) is 2.54. The highest BCUT2D eigenvalue weighted by Gasteiger charge is 2.21. The van der Waals surface area contributed by atoms with Crippen molar-refractivity contribution >= 4 is 11.0 Å². The van der Waals surface area contributed by atoms with E-state index in [1.54, 1.807) is 16.2 Å². The molecule has 0 spiro atoms. The number of aromatic nitrogens is 2. The molecule has 1 aromatic carbocycles. The van der Waals surface area contributed by atoms with Crippen LogP contribution in [-0.2, 0) is 19.5 Å². The van der Waals surface area contributed by atoms with E-state index in [4.69, 9.17) is 5.73 Å². The molecule has 98 valence electrons. The zero-order valence-corrected chi connectivity index (χ0v) is 11.5. The van der Waals surface area contributed by atoms with Crippen molar-refractivity contribution in [3.8, 4) is 0 Å². The van der Waals surface area contributed by atoms with E-state index in [-0.39, 0.29) is 11.1 Å². The molecule has 1 aromatic heterocycles. The summed E-state index contributed by atoms with van der Waals surface area (Å²) in [6, 6.07) is 6.22. The van der Waals surface area contributed by atoms with Crippen molar-refractivity contribution in [1.29, 1.82) is 0 Å². The van der Waals surface area contributed by atoms with Gasteiger partial charge in [0.05, 0.1) is 11.0 Å². The Bertz CT molecular complexity index is 634. The first-order chi connectivity index (χ1) is 8.38. The van der Waals surface area contributed by atoms with E-state index in [0.29, 0.717) is 6.54 Å². The Morgan fingerprint density at radius 2 is 1.78 bits per heavy atom. The van der Waals surface area contributed by atoms with Gasteiger partial charge in [0.25, 0.3) is 0 Å². The minimum atomic E-state index is 0.0128. The zero-order chi connectivity index (χ0) is 13.5. The molecule has 2 aromatic rings. The summed E-state index contributed by atoms with van der Waals surface area (Å²) in [5, 5.41) is 0. The highest BCUT2D eigenvalue weighted by atomic mass is 16.1. The van der Waals surface area contributed by atoms with E-state index in [2.05, 4.69) is 26.0 Å². The van der Waals surface area contributed by atoms with Crippen LogP contribution in [0.2, 0.25) is 0 Å². The summed E-state index contributed by atoms with van der Waals surface area (Å²) in [6.45, 7) is 5.03. The molecule has 0 aliphatic carbocycles. The minimum absolute atomic E-state index is 0.0128. The van der Waals surface area contributed by atoms with Crippen molar-refractivity contribution in [3.05, 3.63) is 34.2 Å². The maximum atomic E-state index is 11.9. The van der Waals surface area contributed by atoms with Crippen LogP contribution in [0.25, 0.3) is 11.0 Å². The van der Waals surface area contributed by atoms with Gasteiger partial charge >= 0.3 is 5.69 Å². The number of nitrogens with two attached hydrogens (primary N) is 1. The molecule has 0 radical (unpaired) electrons. The van der Waals surface area contributed by atoms with Crippen LogP contribution in [0.5, 0.6) is 0 Å². The summed E-state index contributed by atoms with van der Waals surface area (Å²) in [4.78, 5) is 11.9. The lowest BCUT2D eigenvalue weighted by molar-refractivity contribution is 0.488. The highest BCUT2D eigenvalue weighted by Crippen LogP contribution is 2.28. The Morgan fingerprint density at radius 3 is 2.39 bits per heavy atom. The third-order valence-electron chi connectivity index (χ3n) is 3.82. The lowest BCUT2D eigenvalue weighted by Gasteiger charge is -2.24. The molecule has 0 unspecified atom stereocenters. The summed E-state index contributed by atoms with van der Waals surface area (Å²) in [5.74, 6) is 0. The Morgan fingerprint density at radius 1 is 1.17 bits per heavy atom. The average molecular weight is 247 g/mol. The van der Waals surface area contributed by atoms with Gasteiger partial charge in [-0.3, -0.25) is 9.13 Å². The van der Waals surface area contributed by atoms with Gasteiger partial charge in [-0.15, -0.1) is 0 Å². The fourth-order valence-corrected chi connectivity index (χ4v) is 2.43. The SMILES string of the molecule is Cn1c(=O)n(C)c2cc(C(C)(C)CCN)ccc21. The number of imidazole rings is 1. The molecule has 0 fully saturated rings. The van der Waals surface area contributed by atoms with Crippen molar-refractivity contribution in [2.45, 2.75) is 25.7 Å². The Labute approximate surface area is 107 Å². The van der Waals surface area contributed by atoms with Crippen LogP contribution in [0.1, 0.15) is 25.8 Å². The Balaban J connectivity index is 2.65. The first-order valence-electron chi connectivity index (χ1n) is 6.24. The number of hydrogen-bond donors (Lipinski definition) is 1. The third kappa shape index (κ3) is 1.86. The van der Waals surface area contributed by atoms with Crippen LogP contribution >= 0.6 is 0 Å².